The third kappa shape index (κ3) is 7.43. The van der Waals surface area contributed by atoms with Gasteiger partial charge in [0.1, 0.15) is 17.1 Å². The Kier molecular flexibility index (Phi) is 9.98. The van der Waals surface area contributed by atoms with Crippen LogP contribution < -0.4 is 4.74 Å². The molecule has 2 aromatic carbocycles. The Hall–Kier alpha value is -2.26. The van der Waals surface area contributed by atoms with E-state index in [9.17, 15) is 0 Å². The van der Waals surface area contributed by atoms with Crippen LogP contribution in [0.2, 0.25) is 0 Å². The Morgan fingerprint density at radius 3 is 2.16 bits per heavy atom. The van der Waals surface area contributed by atoms with Crippen LogP contribution in [0.3, 0.4) is 0 Å². The highest BCUT2D eigenvalue weighted by Gasteiger charge is 2.10. The van der Waals surface area contributed by atoms with E-state index in [1.165, 1.54) is 62.5 Å². The first kappa shape index (κ1) is 23.4. The molecule has 1 N–H and O–H groups in total. The second-order valence-electron chi connectivity index (χ2n) is 8.43. The number of hydrogen-bond acceptors (Lipinski definition) is 3. The molecule has 3 nitrogen and oxygen atoms in total. The van der Waals surface area contributed by atoms with Gasteiger partial charge in [-0.1, -0.05) is 82.6 Å². The molecule has 3 aromatic rings. The van der Waals surface area contributed by atoms with Crippen LogP contribution in [0.15, 0.2) is 52.9 Å². The van der Waals surface area contributed by atoms with Crippen molar-refractivity contribution in [3.05, 3.63) is 54.1 Å². The Labute approximate surface area is 187 Å². The van der Waals surface area contributed by atoms with Crippen LogP contribution in [-0.2, 0) is 6.42 Å². The molecule has 0 atom stereocenters. The van der Waals surface area contributed by atoms with E-state index >= 15 is 0 Å². The molecule has 0 fully saturated rings. The second-order valence-corrected chi connectivity index (χ2v) is 8.43. The monoisotopic (exact) mass is 422 g/mol. The van der Waals surface area contributed by atoms with Crippen LogP contribution in [0.4, 0.5) is 0 Å². The number of aliphatic hydroxyl groups is 1. The minimum absolute atomic E-state index is 0.339. The van der Waals surface area contributed by atoms with E-state index < -0.39 is 0 Å². The van der Waals surface area contributed by atoms with Crippen molar-refractivity contribution in [2.75, 3.05) is 13.2 Å². The quantitative estimate of drug-likeness (QED) is 0.253. The zero-order valence-corrected chi connectivity index (χ0v) is 19.1. The molecule has 0 aliphatic heterocycles. The summed E-state index contributed by atoms with van der Waals surface area (Å²) in [6.07, 6.45) is 13.3. The number of ether oxygens (including phenoxy) is 1. The summed E-state index contributed by atoms with van der Waals surface area (Å²) in [5, 5.41) is 9.89. The summed E-state index contributed by atoms with van der Waals surface area (Å²) in [4.78, 5) is 0. The Bertz CT molecular complexity index is 896. The fraction of sp³-hybridized carbons (Fsp3) is 0.500. The lowest BCUT2D eigenvalue weighted by atomic mass is 10.0. The van der Waals surface area contributed by atoms with Gasteiger partial charge < -0.3 is 14.3 Å². The maximum Gasteiger partial charge on any atom is 0.138 e. The molecular weight excluding hydrogens is 384 g/mol. The van der Waals surface area contributed by atoms with Gasteiger partial charge in [0, 0.05) is 23.6 Å². The summed E-state index contributed by atoms with van der Waals surface area (Å²) >= 11 is 0. The summed E-state index contributed by atoms with van der Waals surface area (Å²) in [5.41, 5.74) is 3.37. The lowest BCUT2D eigenvalue weighted by Crippen LogP contribution is -1.97. The Balaban J connectivity index is 1.37. The number of aryl methyl sites for hydroxylation is 1. The SMILES string of the molecule is CCc1ccccc1-c1cc2ccc(OCCCCCCCCCCCCO)cc2o1. The van der Waals surface area contributed by atoms with E-state index in [0.717, 1.165) is 48.3 Å². The first-order chi connectivity index (χ1) is 15.3. The maximum atomic E-state index is 8.78. The maximum absolute atomic E-state index is 8.78. The Morgan fingerprint density at radius 2 is 1.45 bits per heavy atom. The lowest BCUT2D eigenvalue weighted by molar-refractivity contribution is 0.282. The molecule has 1 aromatic heterocycles. The molecule has 31 heavy (non-hydrogen) atoms. The van der Waals surface area contributed by atoms with E-state index in [2.05, 4.69) is 43.3 Å². The minimum Gasteiger partial charge on any atom is -0.493 e. The van der Waals surface area contributed by atoms with Crippen molar-refractivity contribution in [1.29, 1.82) is 0 Å². The topological polar surface area (TPSA) is 42.6 Å². The zero-order valence-electron chi connectivity index (χ0n) is 19.1. The molecule has 0 aliphatic rings. The summed E-state index contributed by atoms with van der Waals surface area (Å²) in [6, 6.07) is 16.7. The van der Waals surface area contributed by atoms with Crippen LogP contribution in [0, 0.1) is 0 Å². The number of fused-ring (bicyclic) bond motifs is 1. The predicted octanol–water partition coefficient (Wildman–Crippen LogP) is 7.93. The fourth-order valence-corrected chi connectivity index (χ4v) is 4.12. The van der Waals surface area contributed by atoms with Crippen LogP contribution in [0.25, 0.3) is 22.3 Å². The zero-order chi connectivity index (χ0) is 21.7. The molecule has 168 valence electrons. The van der Waals surface area contributed by atoms with E-state index in [4.69, 9.17) is 14.3 Å². The average Bonchev–Trinajstić information content (AvgIpc) is 3.23. The highest BCUT2D eigenvalue weighted by molar-refractivity contribution is 5.84. The first-order valence-corrected chi connectivity index (χ1v) is 12.2. The summed E-state index contributed by atoms with van der Waals surface area (Å²) in [5.74, 6) is 1.82. The molecule has 0 saturated heterocycles. The number of furan rings is 1. The highest BCUT2D eigenvalue weighted by Crippen LogP contribution is 2.32. The van der Waals surface area contributed by atoms with Gasteiger partial charge in [0.05, 0.1) is 6.61 Å². The molecule has 0 bridgehead atoms. The van der Waals surface area contributed by atoms with Crippen LogP contribution >= 0.6 is 0 Å². The third-order valence-electron chi connectivity index (χ3n) is 5.98. The average molecular weight is 423 g/mol. The molecule has 3 heteroatoms. The van der Waals surface area contributed by atoms with Crippen molar-refractivity contribution in [2.24, 2.45) is 0 Å². The van der Waals surface area contributed by atoms with Gasteiger partial charge in [-0.3, -0.25) is 0 Å². The van der Waals surface area contributed by atoms with Gasteiger partial charge in [0.2, 0.25) is 0 Å². The minimum atomic E-state index is 0.339. The lowest BCUT2D eigenvalue weighted by Gasteiger charge is -2.06. The van der Waals surface area contributed by atoms with Crippen molar-refractivity contribution in [3.63, 3.8) is 0 Å². The number of hydrogen-bond donors (Lipinski definition) is 1. The van der Waals surface area contributed by atoms with Gasteiger partial charge in [-0.05, 0) is 43.0 Å². The van der Waals surface area contributed by atoms with E-state index in [1.54, 1.807) is 0 Å². The van der Waals surface area contributed by atoms with E-state index in [-0.39, 0.29) is 0 Å². The Morgan fingerprint density at radius 1 is 0.774 bits per heavy atom. The number of rotatable bonds is 15. The summed E-state index contributed by atoms with van der Waals surface area (Å²) in [6.45, 7) is 3.28. The van der Waals surface area contributed by atoms with Crippen LogP contribution in [0.1, 0.15) is 76.7 Å². The molecular formula is C28H38O3. The summed E-state index contributed by atoms with van der Waals surface area (Å²) < 4.78 is 12.1. The van der Waals surface area contributed by atoms with Crippen LogP contribution in [0.5, 0.6) is 5.75 Å². The molecule has 0 amide bonds. The number of benzene rings is 2. The van der Waals surface area contributed by atoms with E-state index in [1.807, 2.05) is 12.1 Å². The molecule has 0 aliphatic carbocycles. The van der Waals surface area contributed by atoms with Gasteiger partial charge in [-0.15, -0.1) is 0 Å². The molecule has 0 saturated carbocycles. The van der Waals surface area contributed by atoms with Crippen molar-refractivity contribution in [2.45, 2.75) is 77.6 Å². The van der Waals surface area contributed by atoms with Gasteiger partial charge in [0.25, 0.3) is 0 Å². The van der Waals surface area contributed by atoms with E-state index in [0.29, 0.717) is 6.61 Å². The van der Waals surface area contributed by atoms with Gasteiger partial charge in [0.15, 0.2) is 0 Å². The molecule has 3 rings (SSSR count). The highest BCUT2D eigenvalue weighted by atomic mass is 16.5. The molecule has 1 heterocycles. The number of aliphatic hydroxyl groups excluding tert-OH is 1. The fourth-order valence-electron chi connectivity index (χ4n) is 4.12. The third-order valence-corrected chi connectivity index (χ3v) is 5.98. The normalized spacial score (nSPS) is 11.3. The summed E-state index contributed by atoms with van der Waals surface area (Å²) in [7, 11) is 0. The predicted molar refractivity (Wildman–Crippen MR) is 130 cm³/mol. The smallest absolute Gasteiger partial charge is 0.138 e. The van der Waals surface area contributed by atoms with Crippen molar-refractivity contribution in [3.8, 4) is 17.1 Å². The standard InChI is InChI=1S/C28H38O3/c1-2-23-15-11-12-16-26(23)28-21-24-17-18-25(22-27(24)31-28)30-20-14-10-8-6-4-3-5-7-9-13-19-29/h11-12,15-18,21-22,29H,2-10,13-14,19-20H2,1H3. The van der Waals surface area contributed by atoms with Crippen molar-refractivity contribution < 1.29 is 14.3 Å². The number of unbranched alkanes of at least 4 members (excludes halogenated alkanes) is 9. The van der Waals surface area contributed by atoms with Crippen LogP contribution in [-0.4, -0.2) is 18.3 Å². The van der Waals surface area contributed by atoms with Gasteiger partial charge >= 0.3 is 0 Å². The molecule has 0 radical (unpaired) electrons. The second kappa shape index (κ2) is 13.2. The van der Waals surface area contributed by atoms with Crippen molar-refractivity contribution in [1.82, 2.24) is 0 Å². The van der Waals surface area contributed by atoms with Gasteiger partial charge in [-0.2, -0.15) is 0 Å². The van der Waals surface area contributed by atoms with Crippen molar-refractivity contribution >= 4 is 11.0 Å². The largest absolute Gasteiger partial charge is 0.493 e. The molecule has 0 unspecified atom stereocenters. The van der Waals surface area contributed by atoms with Gasteiger partial charge in [-0.25, -0.2) is 0 Å². The first-order valence-electron chi connectivity index (χ1n) is 12.2. The molecule has 0 spiro atoms.